The van der Waals surface area contributed by atoms with Crippen molar-refractivity contribution in [2.45, 2.75) is 0 Å². The number of anilines is 1. The van der Waals surface area contributed by atoms with Crippen LogP contribution in [-0.2, 0) is 4.74 Å². The van der Waals surface area contributed by atoms with E-state index in [4.69, 9.17) is 5.11 Å². The number of ether oxygens (including phenoxy) is 1. The molecule has 1 aromatic carbocycles. The number of aliphatic hydroxyl groups is 1. The summed E-state index contributed by atoms with van der Waals surface area (Å²) < 4.78 is 4.56. The largest absolute Gasteiger partial charge is 0.465 e. The lowest BCUT2D eigenvalue weighted by Crippen LogP contribution is -2.06. The maximum absolute atomic E-state index is 11.1. The van der Waals surface area contributed by atoms with Crippen LogP contribution in [0.3, 0.4) is 0 Å². The molecule has 4 nitrogen and oxygen atoms in total. The minimum atomic E-state index is -0.348. The summed E-state index contributed by atoms with van der Waals surface area (Å²) in [6.45, 7) is 0.580. The van der Waals surface area contributed by atoms with Crippen LogP contribution in [-0.4, -0.2) is 31.3 Å². The molecule has 0 aliphatic carbocycles. The van der Waals surface area contributed by atoms with Gasteiger partial charge in [-0.1, -0.05) is 0 Å². The highest BCUT2D eigenvalue weighted by Crippen LogP contribution is 2.09. The molecule has 4 heteroatoms. The minimum absolute atomic E-state index is 0.0821. The van der Waals surface area contributed by atoms with Crippen LogP contribution in [0.1, 0.15) is 10.4 Å². The van der Waals surface area contributed by atoms with E-state index in [2.05, 4.69) is 10.1 Å². The normalized spacial score (nSPS) is 9.57. The van der Waals surface area contributed by atoms with Gasteiger partial charge >= 0.3 is 5.97 Å². The van der Waals surface area contributed by atoms with Crippen molar-refractivity contribution in [3.8, 4) is 0 Å². The zero-order chi connectivity index (χ0) is 10.4. The van der Waals surface area contributed by atoms with Gasteiger partial charge < -0.3 is 15.2 Å². The van der Waals surface area contributed by atoms with E-state index >= 15 is 0 Å². The molecule has 0 fully saturated rings. The first-order valence-corrected chi connectivity index (χ1v) is 4.31. The second kappa shape index (κ2) is 5.24. The first-order chi connectivity index (χ1) is 6.77. The molecule has 14 heavy (non-hydrogen) atoms. The van der Waals surface area contributed by atoms with Crippen molar-refractivity contribution in [3.63, 3.8) is 0 Å². The van der Waals surface area contributed by atoms with E-state index in [-0.39, 0.29) is 12.6 Å². The monoisotopic (exact) mass is 195 g/mol. The third-order valence-electron chi connectivity index (χ3n) is 1.75. The molecule has 0 amide bonds. The van der Waals surface area contributed by atoms with Crippen molar-refractivity contribution in [3.05, 3.63) is 29.8 Å². The van der Waals surface area contributed by atoms with Gasteiger partial charge in [-0.2, -0.15) is 0 Å². The number of hydrogen-bond donors (Lipinski definition) is 2. The molecule has 76 valence electrons. The molecular formula is C10H13NO3. The lowest BCUT2D eigenvalue weighted by Gasteiger charge is -2.04. The molecule has 0 heterocycles. The van der Waals surface area contributed by atoms with Gasteiger partial charge in [0.25, 0.3) is 0 Å². The molecule has 0 aromatic heterocycles. The molecule has 0 bridgehead atoms. The molecule has 0 aliphatic rings. The predicted octanol–water partition coefficient (Wildman–Crippen LogP) is 0.877. The van der Waals surface area contributed by atoms with Crippen molar-refractivity contribution >= 4 is 11.7 Å². The zero-order valence-electron chi connectivity index (χ0n) is 7.99. The summed E-state index contributed by atoms with van der Waals surface area (Å²) in [7, 11) is 1.35. The van der Waals surface area contributed by atoms with Crippen molar-refractivity contribution in [1.29, 1.82) is 0 Å². The van der Waals surface area contributed by atoms with Gasteiger partial charge in [-0.25, -0.2) is 4.79 Å². The van der Waals surface area contributed by atoms with Gasteiger partial charge in [-0.15, -0.1) is 0 Å². The molecular weight excluding hydrogens is 182 g/mol. The van der Waals surface area contributed by atoms with Gasteiger partial charge in [0, 0.05) is 12.2 Å². The Bertz CT molecular complexity index is 295. The third kappa shape index (κ3) is 2.74. The Labute approximate surface area is 82.5 Å². The summed E-state index contributed by atoms with van der Waals surface area (Å²) in [4.78, 5) is 11.1. The number of nitrogens with one attached hydrogen (secondary N) is 1. The van der Waals surface area contributed by atoms with Crippen LogP contribution in [0.2, 0.25) is 0 Å². The van der Waals surface area contributed by atoms with Crippen molar-refractivity contribution in [1.82, 2.24) is 0 Å². The zero-order valence-corrected chi connectivity index (χ0v) is 7.99. The van der Waals surface area contributed by atoms with Gasteiger partial charge in [0.15, 0.2) is 0 Å². The van der Waals surface area contributed by atoms with E-state index in [9.17, 15) is 4.79 Å². The lowest BCUT2D eigenvalue weighted by atomic mass is 10.2. The lowest BCUT2D eigenvalue weighted by molar-refractivity contribution is 0.0601. The number of esters is 1. The number of hydrogen-bond acceptors (Lipinski definition) is 4. The van der Waals surface area contributed by atoms with E-state index < -0.39 is 0 Å². The van der Waals surface area contributed by atoms with Crippen molar-refractivity contribution in [2.24, 2.45) is 0 Å². The van der Waals surface area contributed by atoms with Crippen LogP contribution in [0, 0.1) is 0 Å². The van der Waals surface area contributed by atoms with Crippen LogP contribution in [0.15, 0.2) is 24.3 Å². The van der Waals surface area contributed by atoms with Gasteiger partial charge in [0.1, 0.15) is 0 Å². The summed E-state index contributed by atoms with van der Waals surface area (Å²) in [5, 5.41) is 11.5. The highest BCUT2D eigenvalue weighted by atomic mass is 16.5. The highest BCUT2D eigenvalue weighted by Gasteiger charge is 2.03. The molecule has 1 rings (SSSR count). The molecule has 0 radical (unpaired) electrons. The minimum Gasteiger partial charge on any atom is -0.465 e. The topological polar surface area (TPSA) is 58.6 Å². The highest BCUT2D eigenvalue weighted by molar-refractivity contribution is 5.89. The maximum atomic E-state index is 11.1. The van der Waals surface area contributed by atoms with Crippen LogP contribution >= 0.6 is 0 Å². The molecule has 2 N–H and O–H groups in total. The first-order valence-electron chi connectivity index (χ1n) is 4.31. The number of aliphatic hydroxyl groups excluding tert-OH is 1. The van der Waals surface area contributed by atoms with E-state index in [1.807, 2.05) is 0 Å². The molecule has 0 saturated carbocycles. The second-order valence-corrected chi connectivity index (χ2v) is 2.72. The fourth-order valence-electron chi connectivity index (χ4n) is 1.04. The predicted molar refractivity (Wildman–Crippen MR) is 53.4 cm³/mol. The number of methoxy groups -OCH3 is 1. The van der Waals surface area contributed by atoms with Crippen LogP contribution in [0.25, 0.3) is 0 Å². The molecule has 0 saturated heterocycles. The number of carbonyl (C=O) groups is 1. The fourth-order valence-corrected chi connectivity index (χ4v) is 1.04. The van der Waals surface area contributed by atoms with Crippen LogP contribution in [0.4, 0.5) is 5.69 Å². The van der Waals surface area contributed by atoms with Gasteiger partial charge in [0.2, 0.25) is 0 Å². The number of benzene rings is 1. The fraction of sp³-hybridized carbons (Fsp3) is 0.300. The molecule has 0 atom stereocenters. The summed E-state index contributed by atoms with van der Waals surface area (Å²) >= 11 is 0. The Morgan fingerprint density at radius 3 is 2.57 bits per heavy atom. The molecule has 0 unspecified atom stereocenters. The average molecular weight is 195 g/mol. The van der Waals surface area contributed by atoms with Gasteiger partial charge in [-0.05, 0) is 24.3 Å². The summed E-state index contributed by atoms with van der Waals surface area (Å²) in [6, 6.07) is 6.88. The number of rotatable bonds is 4. The molecule has 0 aliphatic heterocycles. The quantitative estimate of drug-likeness (QED) is 0.700. The van der Waals surface area contributed by atoms with Crippen molar-refractivity contribution < 1.29 is 14.6 Å². The SMILES string of the molecule is COC(=O)c1ccc(NCCO)cc1. The van der Waals surface area contributed by atoms with E-state index in [0.29, 0.717) is 12.1 Å². The van der Waals surface area contributed by atoms with E-state index in [0.717, 1.165) is 5.69 Å². The Morgan fingerprint density at radius 2 is 2.07 bits per heavy atom. The van der Waals surface area contributed by atoms with Crippen LogP contribution in [0.5, 0.6) is 0 Å². The Morgan fingerprint density at radius 1 is 1.43 bits per heavy atom. The maximum Gasteiger partial charge on any atom is 0.337 e. The summed E-state index contributed by atoms with van der Waals surface area (Å²) in [6.07, 6.45) is 0. The first kappa shape index (κ1) is 10.5. The van der Waals surface area contributed by atoms with E-state index in [1.165, 1.54) is 7.11 Å². The average Bonchev–Trinajstić information content (AvgIpc) is 2.26. The van der Waals surface area contributed by atoms with Gasteiger partial charge in [0.05, 0.1) is 19.3 Å². The molecule has 0 spiro atoms. The van der Waals surface area contributed by atoms with Crippen LogP contribution < -0.4 is 5.32 Å². The number of carbonyl (C=O) groups excluding carboxylic acids is 1. The second-order valence-electron chi connectivity index (χ2n) is 2.72. The Kier molecular flexibility index (Phi) is 3.94. The van der Waals surface area contributed by atoms with E-state index in [1.54, 1.807) is 24.3 Å². The molecule has 1 aromatic rings. The summed E-state index contributed by atoms with van der Waals surface area (Å²) in [5.74, 6) is -0.348. The standard InChI is InChI=1S/C10H13NO3/c1-14-10(13)8-2-4-9(5-3-8)11-6-7-12/h2-5,11-12H,6-7H2,1H3. The Hall–Kier alpha value is -1.55. The smallest absolute Gasteiger partial charge is 0.337 e. The van der Waals surface area contributed by atoms with Crippen molar-refractivity contribution in [2.75, 3.05) is 25.6 Å². The third-order valence-corrected chi connectivity index (χ3v) is 1.75. The summed E-state index contributed by atoms with van der Waals surface area (Å²) in [5.41, 5.74) is 1.38. The van der Waals surface area contributed by atoms with Gasteiger partial charge in [-0.3, -0.25) is 0 Å². The Balaban J connectivity index is 2.63.